The lowest BCUT2D eigenvalue weighted by Crippen LogP contribution is -2.50. The fraction of sp³-hybridized carbons (Fsp3) is 0.846. The third-order valence-electron chi connectivity index (χ3n) is 3.87. The summed E-state index contributed by atoms with van der Waals surface area (Å²) in [6, 6.07) is -0.0353. The Morgan fingerprint density at radius 1 is 1.45 bits per heavy atom. The van der Waals surface area contributed by atoms with Crippen LogP contribution in [0.4, 0.5) is 4.79 Å². The molecule has 1 atom stereocenters. The molecule has 20 heavy (non-hydrogen) atoms. The Balaban J connectivity index is 2.37. The molecule has 0 aromatic carbocycles. The number of hydrogen-bond donors (Lipinski definition) is 2. The summed E-state index contributed by atoms with van der Waals surface area (Å²) in [6.07, 6.45) is 0.892. The Kier molecular flexibility index (Phi) is 6.74. The normalized spacial score (nSPS) is 18.6. The Hall–Kier alpha value is -1.34. The van der Waals surface area contributed by atoms with Crippen molar-refractivity contribution in [1.29, 1.82) is 0 Å². The first-order valence-electron chi connectivity index (χ1n) is 6.98. The maximum atomic E-state index is 12.0. The summed E-state index contributed by atoms with van der Waals surface area (Å²) < 4.78 is 4.78. The van der Waals surface area contributed by atoms with Crippen LogP contribution in [0.2, 0.25) is 0 Å². The van der Waals surface area contributed by atoms with Crippen LogP contribution in [-0.2, 0) is 9.53 Å². The quantitative estimate of drug-likeness (QED) is 0.730. The number of rotatable bonds is 6. The molecule has 7 heteroatoms. The van der Waals surface area contributed by atoms with Gasteiger partial charge < -0.3 is 25.0 Å². The van der Waals surface area contributed by atoms with Crippen molar-refractivity contribution in [3.8, 4) is 0 Å². The first-order chi connectivity index (χ1) is 9.49. The van der Waals surface area contributed by atoms with Crippen molar-refractivity contribution in [3.63, 3.8) is 0 Å². The molecule has 1 rings (SSSR count). The minimum atomic E-state index is -1.08. The molecule has 0 aromatic heterocycles. The Bertz CT molecular complexity index is 330. The van der Waals surface area contributed by atoms with Gasteiger partial charge in [-0.05, 0) is 19.4 Å². The molecule has 7 nitrogen and oxygen atoms in total. The second-order valence-corrected chi connectivity index (χ2v) is 5.02. The van der Waals surface area contributed by atoms with E-state index in [0.717, 1.165) is 32.5 Å². The number of ether oxygens (including phenoxy) is 1. The van der Waals surface area contributed by atoms with Gasteiger partial charge in [0.15, 0.2) is 6.10 Å². The van der Waals surface area contributed by atoms with E-state index in [-0.39, 0.29) is 18.6 Å². The molecule has 2 amide bonds. The highest BCUT2D eigenvalue weighted by Crippen LogP contribution is 2.15. The van der Waals surface area contributed by atoms with Crippen LogP contribution in [0.15, 0.2) is 0 Å². The van der Waals surface area contributed by atoms with E-state index in [0.29, 0.717) is 0 Å². The summed E-state index contributed by atoms with van der Waals surface area (Å²) in [5.41, 5.74) is 0. The summed E-state index contributed by atoms with van der Waals surface area (Å²) in [5.74, 6) is -1.08. The smallest absolute Gasteiger partial charge is 0.334 e. The van der Waals surface area contributed by atoms with Crippen LogP contribution >= 0.6 is 0 Å². The van der Waals surface area contributed by atoms with Crippen molar-refractivity contribution in [2.45, 2.75) is 31.9 Å². The number of carboxylic acid groups (broad SMARTS) is 1. The van der Waals surface area contributed by atoms with Crippen molar-refractivity contribution >= 4 is 12.0 Å². The van der Waals surface area contributed by atoms with Crippen molar-refractivity contribution in [1.82, 2.24) is 15.1 Å². The van der Waals surface area contributed by atoms with Crippen LogP contribution in [0.3, 0.4) is 0 Å². The highest BCUT2D eigenvalue weighted by Gasteiger charge is 2.25. The van der Waals surface area contributed by atoms with Gasteiger partial charge in [-0.15, -0.1) is 0 Å². The predicted octanol–water partition coefficient (Wildman–Crippen LogP) is 0.212. The Morgan fingerprint density at radius 2 is 2.05 bits per heavy atom. The van der Waals surface area contributed by atoms with Crippen molar-refractivity contribution in [2.24, 2.45) is 0 Å². The Morgan fingerprint density at radius 3 is 2.50 bits per heavy atom. The number of nitrogens with zero attached hydrogens (tertiary/aromatic N) is 2. The monoisotopic (exact) mass is 287 g/mol. The van der Waals surface area contributed by atoms with Gasteiger partial charge in [-0.2, -0.15) is 0 Å². The largest absolute Gasteiger partial charge is 0.479 e. The van der Waals surface area contributed by atoms with Crippen LogP contribution in [-0.4, -0.2) is 79.4 Å². The maximum absolute atomic E-state index is 12.0. The molecule has 0 radical (unpaired) electrons. The van der Waals surface area contributed by atoms with Gasteiger partial charge in [-0.1, -0.05) is 6.92 Å². The zero-order chi connectivity index (χ0) is 15.1. The van der Waals surface area contributed by atoms with E-state index in [4.69, 9.17) is 9.84 Å². The SMILES string of the molecule is CCN1CCC(N(C)C(=O)NCC(OC)C(=O)O)CC1. The number of likely N-dealkylation sites (tertiary alicyclic amines) is 1. The van der Waals surface area contributed by atoms with E-state index in [1.165, 1.54) is 7.11 Å². The Labute approximate surface area is 119 Å². The summed E-state index contributed by atoms with van der Waals surface area (Å²) in [4.78, 5) is 26.8. The number of aliphatic carboxylic acids is 1. The van der Waals surface area contributed by atoms with Gasteiger partial charge >= 0.3 is 12.0 Å². The average molecular weight is 287 g/mol. The average Bonchev–Trinajstić information content (AvgIpc) is 2.46. The molecule has 0 saturated carbocycles. The van der Waals surface area contributed by atoms with Gasteiger partial charge in [0.2, 0.25) is 0 Å². The topological polar surface area (TPSA) is 82.1 Å². The molecular weight excluding hydrogens is 262 g/mol. The molecule has 0 spiro atoms. The number of hydrogen-bond acceptors (Lipinski definition) is 4. The zero-order valence-electron chi connectivity index (χ0n) is 12.5. The molecule has 1 fully saturated rings. The molecule has 1 aliphatic rings. The number of amides is 2. The van der Waals surface area contributed by atoms with Gasteiger partial charge in [0.25, 0.3) is 0 Å². The van der Waals surface area contributed by atoms with E-state index < -0.39 is 12.1 Å². The predicted molar refractivity (Wildman–Crippen MR) is 74.7 cm³/mol. The molecule has 0 aliphatic carbocycles. The lowest BCUT2D eigenvalue weighted by Gasteiger charge is -2.36. The van der Waals surface area contributed by atoms with E-state index in [2.05, 4.69) is 17.1 Å². The number of urea groups is 1. The molecule has 1 saturated heterocycles. The molecule has 116 valence electrons. The maximum Gasteiger partial charge on any atom is 0.334 e. The highest BCUT2D eigenvalue weighted by molar-refractivity contribution is 5.77. The number of nitrogens with one attached hydrogen (secondary N) is 1. The number of methoxy groups -OCH3 is 1. The van der Waals surface area contributed by atoms with E-state index in [1.54, 1.807) is 11.9 Å². The number of carbonyl (C=O) groups excluding carboxylic acids is 1. The van der Waals surface area contributed by atoms with Gasteiger partial charge in [0.05, 0.1) is 6.54 Å². The lowest BCUT2D eigenvalue weighted by molar-refractivity contribution is -0.148. The highest BCUT2D eigenvalue weighted by atomic mass is 16.5. The summed E-state index contributed by atoms with van der Waals surface area (Å²) >= 11 is 0. The number of carbonyl (C=O) groups is 2. The minimum absolute atomic E-state index is 0.0250. The number of carboxylic acids is 1. The second-order valence-electron chi connectivity index (χ2n) is 5.02. The fourth-order valence-electron chi connectivity index (χ4n) is 2.36. The second kappa shape index (κ2) is 8.06. The molecule has 2 N–H and O–H groups in total. The van der Waals surface area contributed by atoms with Crippen molar-refractivity contribution < 1.29 is 19.4 Å². The van der Waals surface area contributed by atoms with Crippen LogP contribution in [0.1, 0.15) is 19.8 Å². The molecule has 1 aliphatic heterocycles. The van der Waals surface area contributed by atoms with Crippen molar-refractivity contribution in [2.75, 3.05) is 40.3 Å². The third kappa shape index (κ3) is 4.64. The fourth-order valence-corrected chi connectivity index (χ4v) is 2.36. The van der Waals surface area contributed by atoms with Crippen LogP contribution in [0.5, 0.6) is 0 Å². The lowest BCUT2D eigenvalue weighted by atomic mass is 10.0. The van der Waals surface area contributed by atoms with E-state index in [9.17, 15) is 9.59 Å². The first kappa shape index (κ1) is 16.7. The third-order valence-corrected chi connectivity index (χ3v) is 3.87. The summed E-state index contributed by atoms with van der Waals surface area (Å²) in [7, 11) is 3.07. The zero-order valence-corrected chi connectivity index (χ0v) is 12.5. The number of piperidine rings is 1. The van der Waals surface area contributed by atoms with Gasteiger partial charge in [0, 0.05) is 33.3 Å². The molecule has 1 unspecified atom stereocenters. The van der Waals surface area contributed by atoms with E-state index >= 15 is 0 Å². The molecular formula is C13H25N3O4. The van der Waals surface area contributed by atoms with Crippen molar-refractivity contribution in [3.05, 3.63) is 0 Å². The summed E-state index contributed by atoms with van der Waals surface area (Å²) in [5, 5.41) is 11.4. The van der Waals surface area contributed by atoms with Gasteiger partial charge in [0.1, 0.15) is 0 Å². The summed E-state index contributed by atoms with van der Waals surface area (Å²) in [6.45, 7) is 5.14. The van der Waals surface area contributed by atoms with Crippen LogP contribution in [0.25, 0.3) is 0 Å². The molecule has 0 aromatic rings. The minimum Gasteiger partial charge on any atom is -0.479 e. The van der Waals surface area contributed by atoms with Gasteiger partial charge in [-0.25, -0.2) is 9.59 Å². The van der Waals surface area contributed by atoms with Crippen LogP contribution in [0, 0.1) is 0 Å². The molecule has 0 bridgehead atoms. The molecule has 1 heterocycles. The first-order valence-corrected chi connectivity index (χ1v) is 6.98. The standard InChI is InChI=1S/C13H25N3O4/c1-4-16-7-5-10(6-8-16)15(2)13(19)14-9-11(20-3)12(17)18/h10-11H,4-9H2,1-3H3,(H,14,19)(H,17,18). The van der Waals surface area contributed by atoms with Crippen LogP contribution < -0.4 is 5.32 Å². The van der Waals surface area contributed by atoms with Gasteiger partial charge in [-0.3, -0.25) is 0 Å². The van der Waals surface area contributed by atoms with E-state index in [1.807, 2.05) is 0 Å².